The van der Waals surface area contributed by atoms with E-state index >= 15 is 0 Å². The lowest BCUT2D eigenvalue weighted by Crippen LogP contribution is -2.29. The minimum atomic E-state index is -0.351. The molecule has 1 N–H and O–H groups in total. The lowest BCUT2D eigenvalue weighted by atomic mass is 10.2. The second-order valence-corrected chi connectivity index (χ2v) is 6.66. The van der Waals surface area contributed by atoms with E-state index in [-0.39, 0.29) is 16.6 Å². The van der Waals surface area contributed by atoms with E-state index in [0.29, 0.717) is 19.0 Å². The van der Waals surface area contributed by atoms with Crippen molar-refractivity contribution in [2.75, 3.05) is 13.2 Å². The summed E-state index contributed by atoms with van der Waals surface area (Å²) in [7, 11) is 0. The van der Waals surface area contributed by atoms with Crippen LogP contribution in [0.2, 0.25) is 5.02 Å². The summed E-state index contributed by atoms with van der Waals surface area (Å²) in [6, 6.07) is 13.1. The summed E-state index contributed by atoms with van der Waals surface area (Å²) in [6.07, 6.45) is 0. The molecule has 0 unspecified atom stereocenters. The van der Waals surface area contributed by atoms with Gasteiger partial charge in [-0.1, -0.05) is 29.3 Å². The average molecular weight is 385 g/mol. The van der Waals surface area contributed by atoms with Crippen LogP contribution in [-0.4, -0.2) is 33.8 Å². The van der Waals surface area contributed by atoms with Crippen LogP contribution in [0.3, 0.4) is 0 Å². The molecular formula is C20H21ClN4O2. The number of carbonyl (C=O) groups is 1. The number of ether oxygens (including phenoxy) is 1. The molecule has 0 spiro atoms. The highest BCUT2D eigenvalue weighted by atomic mass is 35.5. The lowest BCUT2D eigenvalue weighted by molar-refractivity contribution is 0.0942. The molecular weight excluding hydrogens is 364 g/mol. The molecule has 0 radical (unpaired) electrons. The molecule has 1 aromatic carbocycles. The molecule has 2 heterocycles. The monoisotopic (exact) mass is 384 g/mol. The number of pyridine rings is 1. The highest BCUT2D eigenvalue weighted by Gasteiger charge is 2.15. The number of aryl methyl sites for hydroxylation is 3. The smallest absolute Gasteiger partial charge is 0.271 e. The van der Waals surface area contributed by atoms with Crippen LogP contribution < -0.4 is 10.1 Å². The molecule has 3 aromatic rings. The Balaban J connectivity index is 1.63. The van der Waals surface area contributed by atoms with E-state index in [1.54, 1.807) is 16.8 Å². The van der Waals surface area contributed by atoms with Gasteiger partial charge in [-0.2, -0.15) is 5.10 Å². The van der Waals surface area contributed by atoms with E-state index in [9.17, 15) is 4.79 Å². The van der Waals surface area contributed by atoms with Crippen LogP contribution in [0, 0.1) is 20.8 Å². The van der Waals surface area contributed by atoms with Crippen molar-refractivity contribution in [2.24, 2.45) is 0 Å². The number of hydrogen-bond acceptors (Lipinski definition) is 4. The Morgan fingerprint density at radius 2 is 1.89 bits per heavy atom. The highest BCUT2D eigenvalue weighted by molar-refractivity contribution is 6.33. The molecule has 2 aromatic heterocycles. The maximum atomic E-state index is 12.5. The second kappa shape index (κ2) is 8.22. The maximum absolute atomic E-state index is 12.5. The molecule has 0 fully saturated rings. The summed E-state index contributed by atoms with van der Waals surface area (Å²) in [4.78, 5) is 16.8. The van der Waals surface area contributed by atoms with Gasteiger partial charge < -0.3 is 10.1 Å². The number of halogens is 1. The van der Waals surface area contributed by atoms with E-state index < -0.39 is 0 Å². The van der Waals surface area contributed by atoms with Gasteiger partial charge in [0.05, 0.1) is 17.3 Å². The predicted molar refractivity (Wildman–Crippen MR) is 105 cm³/mol. The number of nitrogens with one attached hydrogen (secondary N) is 1. The summed E-state index contributed by atoms with van der Waals surface area (Å²) in [5.74, 6) is 0.958. The van der Waals surface area contributed by atoms with E-state index in [1.807, 2.05) is 51.1 Å². The summed E-state index contributed by atoms with van der Waals surface area (Å²) < 4.78 is 7.29. The van der Waals surface area contributed by atoms with Crippen molar-refractivity contribution in [3.8, 4) is 11.6 Å². The zero-order chi connectivity index (χ0) is 19.4. The molecule has 1 amide bonds. The van der Waals surface area contributed by atoms with Crippen molar-refractivity contribution < 1.29 is 9.53 Å². The van der Waals surface area contributed by atoms with E-state index in [1.165, 1.54) is 5.56 Å². The van der Waals surface area contributed by atoms with Crippen molar-refractivity contribution >= 4 is 17.5 Å². The van der Waals surface area contributed by atoms with Crippen LogP contribution in [0.1, 0.15) is 27.4 Å². The standard InChI is InChI=1S/C20H21ClN4O2/c1-13-4-6-16(7-5-13)27-11-10-22-20(26)19-17(21)8-9-18(23-19)25-15(3)12-14(2)24-25/h4-9,12H,10-11H2,1-3H3,(H,22,26). The Morgan fingerprint density at radius 3 is 2.56 bits per heavy atom. The summed E-state index contributed by atoms with van der Waals surface area (Å²) >= 11 is 6.16. The number of aromatic nitrogens is 3. The zero-order valence-corrected chi connectivity index (χ0v) is 16.2. The van der Waals surface area contributed by atoms with Crippen LogP contribution in [-0.2, 0) is 0 Å². The molecule has 0 aliphatic rings. The molecule has 0 saturated carbocycles. The first-order chi connectivity index (χ1) is 12.9. The van der Waals surface area contributed by atoms with E-state index in [0.717, 1.165) is 17.1 Å². The lowest BCUT2D eigenvalue weighted by Gasteiger charge is -2.10. The molecule has 0 aliphatic carbocycles. The third-order valence-electron chi connectivity index (χ3n) is 3.95. The number of amides is 1. The molecule has 27 heavy (non-hydrogen) atoms. The van der Waals surface area contributed by atoms with Crippen molar-refractivity contribution in [2.45, 2.75) is 20.8 Å². The largest absolute Gasteiger partial charge is 0.492 e. The summed E-state index contributed by atoms with van der Waals surface area (Å²) in [6.45, 7) is 6.54. The number of nitrogens with zero attached hydrogens (tertiary/aromatic N) is 3. The van der Waals surface area contributed by atoms with E-state index in [4.69, 9.17) is 16.3 Å². The Kier molecular flexibility index (Phi) is 5.76. The van der Waals surface area contributed by atoms with Gasteiger partial charge in [0.25, 0.3) is 5.91 Å². The normalized spacial score (nSPS) is 10.7. The van der Waals surface area contributed by atoms with Gasteiger partial charge in [0.1, 0.15) is 18.1 Å². The number of rotatable bonds is 6. The van der Waals surface area contributed by atoms with Crippen LogP contribution in [0.25, 0.3) is 5.82 Å². The van der Waals surface area contributed by atoms with Gasteiger partial charge in [0, 0.05) is 5.69 Å². The SMILES string of the molecule is Cc1ccc(OCCNC(=O)c2nc(-n3nc(C)cc3C)ccc2Cl)cc1. The second-order valence-electron chi connectivity index (χ2n) is 6.26. The molecule has 6 nitrogen and oxygen atoms in total. The van der Waals surface area contributed by atoms with Crippen molar-refractivity contribution in [3.05, 3.63) is 70.1 Å². The fourth-order valence-corrected chi connectivity index (χ4v) is 2.81. The van der Waals surface area contributed by atoms with E-state index in [2.05, 4.69) is 15.4 Å². The Bertz CT molecular complexity index is 951. The number of benzene rings is 1. The molecule has 3 rings (SSSR count). The first-order valence-corrected chi connectivity index (χ1v) is 8.99. The Morgan fingerprint density at radius 1 is 1.15 bits per heavy atom. The first-order valence-electron chi connectivity index (χ1n) is 8.62. The van der Waals surface area contributed by atoms with Crippen molar-refractivity contribution in [3.63, 3.8) is 0 Å². The third kappa shape index (κ3) is 4.65. The van der Waals surface area contributed by atoms with Gasteiger partial charge in [-0.15, -0.1) is 0 Å². The minimum Gasteiger partial charge on any atom is -0.492 e. The van der Waals surface area contributed by atoms with Crippen molar-refractivity contribution in [1.82, 2.24) is 20.1 Å². The van der Waals surface area contributed by atoms with Gasteiger partial charge in [-0.3, -0.25) is 4.79 Å². The topological polar surface area (TPSA) is 69.0 Å². The third-order valence-corrected chi connectivity index (χ3v) is 4.26. The highest BCUT2D eigenvalue weighted by Crippen LogP contribution is 2.18. The zero-order valence-electron chi connectivity index (χ0n) is 15.5. The number of hydrogen-bond donors (Lipinski definition) is 1. The van der Waals surface area contributed by atoms with Gasteiger partial charge in [0.2, 0.25) is 0 Å². The molecule has 0 atom stereocenters. The molecule has 0 aliphatic heterocycles. The molecule has 140 valence electrons. The van der Waals surface area contributed by atoms with Crippen molar-refractivity contribution in [1.29, 1.82) is 0 Å². The molecule has 7 heteroatoms. The first kappa shape index (κ1) is 18.9. The van der Waals surface area contributed by atoms with Crippen LogP contribution in [0.15, 0.2) is 42.5 Å². The van der Waals surface area contributed by atoms with Gasteiger partial charge in [-0.25, -0.2) is 9.67 Å². The molecule has 0 bridgehead atoms. The average Bonchev–Trinajstić information content (AvgIpc) is 2.98. The van der Waals surface area contributed by atoms with Gasteiger partial charge in [0.15, 0.2) is 5.82 Å². The van der Waals surface area contributed by atoms with Gasteiger partial charge >= 0.3 is 0 Å². The maximum Gasteiger partial charge on any atom is 0.271 e. The quantitative estimate of drug-likeness (QED) is 0.658. The minimum absolute atomic E-state index is 0.164. The fourth-order valence-electron chi connectivity index (χ4n) is 2.62. The number of carbonyl (C=O) groups excluding carboxylic acids is 1. The summed E-state index contributed by atoms with van der Waals surface area (Å²) in [5, 5.41) is 7.45. The van der Waals surface area contributed by atoms with Crippen LogP contribution in [0.4, 0.5) is 0 Å². The summed E-state index contributed by atoms with van der Waals surface area (Å²) in [5.41, 5.74) is 3.14. The van der Waals surface area contributed by atoms with Crippen LogP contribution >= 0.6 is 11.6 Å². The predicted octanol–water partition coefficient (Wildman–Crippen LogP) is 3.65. The Labute approximate surface area is 163 Å². The van der Waals surface area contributed by atoms with Gasteiger partial charge in [-0.05, 0) is 51.1 Å². The van der Waals surface area contributed by atoms with Crippen LogP contribution in [0.5, 0.6) is 5.75 Å². The Hall–Kier alpha value is -2.86. The fraction of sp³-hybridized carbons (Fsp3) is 0.250. The molecule has 0 saturated heterocycles.